The lowest BCUT2D eigenvalue weighted by Crippen LogP contribution is -2.14. The van der Waals surface area contributed by atoms with Gasteiger partial charge in [-0.25, -0.2) is 4.98 Å². The van der Waals surface area contributed by atoms with Crippen molar-refractivity contribution in [2.45, 2.75) is 6.92 Å². The van der Waals surface area contributed by atoms with Crippen LogP contribution in [-0.2, 0) is 0 Å². The van der Waals surface area contributed by atoms with Crippen molar-refractivity contribution in [1.29, 1.82) is 5.41 Å². The van der Waals surface area contributed by atoms with Gasteiger partial charge in [0.1, 0.15) is 17.3 Å². The number of amidine groups is 1. The lowest BCUT2D eigenvalue weighted by atomic mass is 10.2. The van der Waals surface area contributed by atoms with Crippen LogP contribution in [0, 0.1) is 12.3 Å². The molecule has 0 aliphatic rings. The highest BCUT2D eigenvalue weighted by atomic mass is 79.9. The minimum Gasteiger partial charge on any atom is -0.454 e. The first-order chi connectivity index (χ1) is 8.58. The van der Waals surface area contributed by atoms with Crippen LogP contribution in [0.25, 0.3) is 0 Å². The molecule has 0 spiro atoms. The molecule has 5 heteroatoms. The lowest BCUT2D eigenvalue weighted by molar-refractivity contribution is 0.476. The highest BCUT2D eigenvalue weighted by molar-refractivity contribution is 9.10. The zero-order chi connectivity index (χ0) is 13.1. The molecule has 2 rings (SSSR count). The van der Waals surface area contributed by atoms with Crippen molar-refractivity contribution in [3.63, 3.8) is 0 Å². The second kappa shape index (κ2) is 5.18. The molecule has 0 saturated carbocycles. The number of ether oxygens (including phenoxy) is 1. The number of nitrogen functional groups attached to an aromatic ring is 1. The van der Waals surface area contributed by atoms with Crippen molar-refractivity contribution >= 4 is 21.8 Å². The Bertz CT molecular complexity index is 599. The number of hydrogen-bond donors (Lipinski definition) is 2. The molecule has 0 bridgehead atoms. The Morgan fingerprint density at radius 1 is 1.33 bits per heavy atom. The normalized spacial score (nSPS) is 10.1. The molecule has 0 fully saturated rings. The Morgan fingerprint density at radius 2 is 2.11 bits per heavy atom. The number of aromatic nitrogens is 1. The SMILES string of the molecule is Cc1ccc(Oc2cccnc2C(=N)N)c(Br)c1. The molecule has 3 N–H and O–H groups in total. The van der Waals surface area contributed by atoms with E-state index in [1.807, 2.05) is 25.1 Å². The van der Waals surface area contributed by atoms with Gasteiger partial charge in [0.15, 0.2) is 5.75 Å². The first-order valence-electron chi connectivity index (χ1n) is 5.31. The minimum absolute atomic E-state index is 0.117. The predicted molar refractivity (Wildman–Crippen MR) is 74.2 cm³/mol. The summed E-state index contributed by atoms with van der Waals surface area (Å²) >= 11 is 3.44. The fourth-order valence-electron chi connectivity index (χ4n) is 1.48. The molecule has 0 unspecified atom stereocenters. The number of pyridine rings is 1. The third kappa shape index (κ3) is 2.68. The molecule has 0 saturated heterocycles. The summed E-state index contributed by atoms with van der Waals surface area (Å²) in [6.07, 6.45) is 1.58. The third-order valence-corrected chi connectivity index (χ3v) is 2.95. The number of halogens is 1. The number of nitrogens with zero attached hydrogens (tertiary/aromatic N) is 1. The Balaban J connectivity index is 2.37. The molecule has 0 amide bonds. The van der Waals surface area contributed by atoms with Gasteiger partial charge in [-0.3, -0.25) is 5.41 Å². The molecule has 0 atom stereocenters. The average Bonchev–Trinajstić information content (AvgIpc) is 2.33. The Kier molecular flexibility index (Phi) is 3.62. The third-order valence-electron chi connectivity index (χ3n) is 2.33. The average molecular weight is 306 g/mol. The number of aryl methyl sites for hydroxylation is 1. The lowest BCUT2D eigenvalue weighted by Gasteiger charge is -2.10. The quantitative estimate of drug-likeness (QED) is 0.675. The number of rotatable bonds is 3. The van der Waals surface area contributed by atoms with Crippen molar-refractivity contribution in [2.75, 3.05) is 0 Å². The number of benzene rings is 1. The van der Waals surface area contributed by atoms with Crippen molar-refractivity contribution in [1.82, 2.24) is 4.98 Å². The van der Waals surface area contributed by atoms with Gasteiger partial charge in [-0.15, -0.1) is 0 Å². The largest absolute Gasteiger partial charge is 0.454 e. The molecule has 18 heavy (non-hydrogen) atoms. The molecule has 0 aliphatic heterocycles. The predicted octanol–water partition coefficient (Wildman–Crippen LogP) is 3.23. The van der Waals surface area contributed by atoms with Gasteiger partial charge >= 0.3 is 0 Å². The van der Waals surface area contributed by atoms with E-state index in [1.54, 1.807) is 18.3 Å². The first kappa shape index (κ1) is 12.6. The van der Waals surface area contributed by atoms with E-state index in [1.165, 1.54) is 0 Å². The van der Waals surface area contributed by atoms with Gasteiger partial charge in [0.2, 0.25) is 0 Å². The maximum Gasteiger partial charge on any atom is 0.156 e. The fourth-order valence-corrected chi connectivity index (χ4v) is 2.06. The fraction of sp³-hybridized carbons (Fsp3) is 0.0769. The van der Waals surface area contributed by atoms with Gasteiger partial charge < -0.3 is 10.5 Å². The van der Waals surface area contributed by atoms with Crippen molar-refractivity contribution < 1.29 is 4.74 Å². The van der Waals surface area contributed by atoms with Crippen LogP contribution in [0.15, 0.2) is 41.0 Å². The molecule has 1 aromatic heterocycles. The molecule has 2 aromatic rings. The van der Waals surface area contributed by atoms with Crippen LogP contribution in [-0.4, -0.2) is 10.8 Å². The van der Waals surface area contributed by atoms with Crippen LogP contribution in [0.2, 0.25) is 0 Å². The Morgan fingerprint density at radius 3 is 2.78 bits per heavy atom. The summed E-state index contributed by atoms with van der Waals surface area (Å²) in [7, 11) is 0. The van der Waals surface area contributed by atoms with E-state index < -0.39 is 0 Å². The Labute approximate surface area is 113 Å². The maximum atomic E-state index is 7.45. The Hall–Kier alpha value is -1.88. The zero-order valence-corrected chi connectivity index (χ0v) is 11.4. The molecule has 4 nitrogen and oxygen atoms in total. The van der Waals surface area contributed by atoms with Crippen LogP contribution >= 0.6 is 15.9 Å². The molecule has 0 radical (unpaired) electrons. The monoisotopic (exact) mass is 305 g/mol. The summed E-state index contributed by atoms with van der Waals surface area (Å²) in [5.74, 6) is 1.01. The standard InChI is InChI=1S/C13H12BrN3O/c1-8-4-5-10(9(14)7-8)18-11-3-2-6-17-12(11)13(15)16/h2-7H,1H3,(H3,15,16). The van der Waals surface area contributed by atoms with Crippen molar-refractivity contribution in [2.24, 2.45) is 5.73 Å². The van der Waals surface area contributed by atoms with Gasteiger partial charge in [-0.05, 0) is 52.7 Å². The summed E-state index contributed by atoms with van der Waals surface area (Å²) in [6.45, 7) is 2.00. The number of nitrogens with one attached hydrogen (secondary N) is 1. The smallest absolute Gasteiger partial charge is 0.156 e. The van der Waals surface area contributed by atoms with E-state index in [9.17, 15) is 0 Å². The molecule has 0 aliphatic carbocycles. The summed E-state index contributed by atoms with van der Waals surface area (Å²) in [5, 5.41) is 7.45. The van der Waals surface area contributed by atoms with E-state index in [-0.39, 0.29) is 5.84 Å². The number of nitrogens with two attached hydrogens (primary N) is 1. The van der Waals surface area contributed by atoms with Crippen LogP contribution in [0.3, 0.4) is 0 Å². The van der Waals surface area contributed by atoms with E-state index in [2.05, 4.69) is 20.9 Å². The summed E-state index contributed by atoms with van der Waals surface area (Å²) in [6, 6.07) is 9.24. The van der Waals surface area contributed by atoms with E-state index >= 15 is 0 Å². The maximum absolute atomic E-state index is 7.45. The molecule has 1 heterocycles. The summed E-state index contributed by atoms with van der Waals surface area (Å²) in [4.78, 5) is 4.03. The van der Waals surface area contributed by atoms with Crippen LogP contribution in [0.4, 0.5) is 0 Å². The first-order valence-corrected chi connectivity index (χ1v) is 6.10. The van der Waals surface area contributed by atoms with Crippen molar-refractivity contribution in [3.8, 4) is 11.5 Å². The number of hydrogen-bond acceptors (Lipinski definition) is 3. The highest BCUT2D eigenvalue weighted by Gasteiger charge is 2.10. The summed E-state index contributed by atoms with van der Waals surface area (Å²) in [5.41, 5.74) is 6.93. The van der Waals surface area contributed by atoms with Gasteiger partial charge in [-0.1, -0.05) is 6.07 Å². The van der Waals surface area contributed by atoms with Gasteiger partial charge in [0.05, 0.1) is 4.47 Å². The van der Waals surface area contributed by atoms with Crippen LogP contribution in [0.1, 0.15) is 11.3 Å². The van der Waals surface area contributed by atoms with Gasteiger partial charge in [-0.2, -0.15) is 0 Å². The second-order valence-corrected chi connectivity index (χ2v) is 4.65. The van der Waals surface area contributed by atoms with Gasteiger partial charge in [0.25, 0.3) is 0 Å². The zero-order valence-electron chi connectivity index (χ0n) is 9.77. The minimum atomic E-state index is -0.117. The molecular formula is C13H12BrN3O. The summed E-state index contributed by atoms with van der Waals surface area (Å²) < 4.78 is 6.57. The topological polar surface area (TPSA) is 72.0 Å². The van der Waals surface area contributed by atoms with E-state index in [0.717, 1.165) is 10.0 Å². The van der Waals surface area contributed by atoms with Crippen molar-refractivity contribution in [3.05, 3.63) is 52.3 Å². The van der Waals surface area contributed by atoms with Crippen LogP contribution in [0.5, 0.6) is 11.5 Å². The van der Waals surface area contributed by atoms with E-state index in [0.29, 0.717) is 17.2 Å². The molecular weight excluding hydrogens is 294 g/mol. The van der Waals surface area contributed by atoms with E-state index in [4.69, 9.17) is 15.9 Å². The van der Waals surface area contributed by atoms with Gasteiger partial charge in [0, 0.05) is 6.20 Å². The molecule has 1 aromatic carbocycles. The molecule has 92 valence electrons. The highest BCUT2D eigenvalue weighted by Crippen LogP contribution is 2.31. The van der Waals surface area contributed by atoms with Crippen LogP contribution < -0.4 is 10.5 Å². The second-order valence-electron chi connectivity index (χ2n) is 3.80.